The Morgan fingerprint density at radius 3 is 2.35 bits per heavy atom. The molecule has 3 N–H and O–H groups in total. The largest absolute Gasteiger partial charge is 0.371 e. The summed E-state index contributed by atoms with van der Waals surface area (Å²) in [5.41, 5.74) is 7.32. The molecule has 5 nitrogen and oxygen atoms in total. The van der Waals surface area contributed by atoms with Crippen molar-refractivity contribution in [3.8, 4) is 0 Å². The Labute approximate surface area is 164 Å². The average molecular weight is 467 g/mol. The van der Waals surface area contributed by atoms with Crippen LogP contribution in [0.5, 0.6) is 0 Å². The van der Waals surface area contributed by atoms with Crippen molar-refractivity contribution >= 4 is 45.8 Å². The van der Waals surface area contributed by atoms with Crippen LogP contribution < -0.4 is 16.0 Å². The molecule has 0 aliphatic carbocycles. The van der Waals surface area contributed by atoms with Crippen LogP contribution in [0.3, 0.4) is 0 Å². The number of benzene rings is 2. The lowest BCUT2D eigenvalue weighted by molar-refractivity contribution is -0.122. The second-order valence-corrected chi connectivity index (χ2v) is 7.46. The quantitative estimate of drug-likeness (QED) is 0.678. The van der Waals surface area contributed by atoms with Crippen LogP contribution in [0.25, 0.3) is 0 Å². The van der Waals surface area contributed by atoms with Crippen LogP contribution in [-0.4, -0.2) is 24.9 Å². The van der Waals surface area contributed by atoms with Gasteiger partial charge < -0.3 is 16.0 Å². The smallest absolute Gasteiger partial charge is 0.255 e. The minimum absolute atomic E-state index is 0.0425. The molecule has 1 aliphatic rings. The van der Waals surface area contributed by atoms with Gasteiger partial charge in [-0.3, -0.25) is 9.59 Å². The van der Waals surface area contributed by atoms with E-state index in [4.69, 9.17) is 5.73 Å². The van der Waals surface area contributed by atoms with Gasteiger partial charge in [0.2, 0.25) is 5.91 Å². The molecular weight excluding hydrogens is 448 g/mol. The molecular formula is C19H19FIN3O2. The molecule has 0 unspecified atom stereocenters. The van der Waals surface area contributed by atoms with Gasteiger partial charge in [-0.2, -0.15) is 0 Å². The van der Waals surface area contributed by atoms with Crippen LogP contribution >= 0.6 is 22.6 Å². The average Bonchev–Trinajstić information content (AvgIpc) is 2.64. The van der Waals surface area contributed by atoms with Gasteiger partial charge in [-0.25, -0.2) is 4.39 Å². The molecule has 136 valence electrons. The highest BCUT2D eigenvalue weighted by molar-refractivity contribution is 14.1. The Balaban J connectivity index is 1.62. The van der Waals surface area contributed by atoms with E-state index in [0.29, 0.717) is 9.26 Å². The van der Waals surface area contributed by atoms with Gasteiger partial charge in [-0.15, -0.1) is 0 Å². The van der Waals surface area contributed by atoms with Crippen molar-refractivity contribution in [1.29, 1.82) is 0 Å². The first-order valence-corrected chi connectivity index (χ1v) is 9.42. The number of amides is 2. The van der Waals surface area contributed by atoms with E-state index >= 15 is 0 Å². The molecule has 26 heavy (non-hydrogen) atoms. The number of anilines is 2. The Morgan fingerprint density at radius 1 is 1.12 bits per heavy atom. The molecule has 0 radical (unpaired) electrons. The van der Waals surface area contributed by atoms with E-state index in [-0.39, 0.29) is 23.3 Å². The number of rotatable bonds is 4. The highest BCUT2D eigenvalue weighted by atomic mass is 127. The molecule has 3 rings (SSSR count). The summed E-state index contributed by atoms with van der Waals surface area (Å²) in [4.78, 5) is 25.7. The molecule has 1 heterocycles. The van der Waals surface area contributed by atoms with Crippen LogP contribution in [0.15, 0.2) is 42.5 Å². The topological polar surface area (TPSA) is 75.4 Å². The molecule has 1 fully saturated rings. The Bertz CT molecular complexity index is 818. The third kappa shape index (κ3) is 4.32. The number of hydrogen-bond acceptors (Lipinski definition) is 3. The first-order valence-electron chi connectivity index (χ1n) is 8.35. The molecule has 0 bridgehead atoms. The lowest BCUT2D eigenvalue weighted by atomic mass is 9.96. The Kier molecular flexibility index (Phi) is 5.75. The predicted molar refractivity (Wildman–Crippen MR) is 108 cm³/mol. The molecule has 2 aromatic carbocycles. The van der Waals surface area contributed by atoms with Crippen molar-refractivity contribution in [1.82, 2.24) is 0 Å². The van der Waals surface area contributed by atoms with Crippen LogP contribution in [0.1, 0.15) is 23.2 Å². The summed E-state index contributed by atoms with van der Waals surface area (Å²) in [5, 5.41) is 2.77. The van der Waals surface area contributed by atoms with Gasteiger partial charge in [0.1, 0.15) is 5.82 Å². The number of piperidine rings is 1. The highest BCUT2D eigenvalue weighted by Crippen LogP contribution is 2.24. The van der Waals surface area contributed by atoms with Crippen LogP contribution in [0, 0.1) is 15.3 Å². The predicted octanol–water partition coefficient (Wildman–Crippen LogP) is 3.38. The van der Waals surface area contributed by atoms with E-state index in [1.54, 1.807) is 12.1 Å². The van der Waals surface area contributed by atoms with Gasteiger partial charge in [0, 0.05) is 39.5 Å². The van der Waals surface area contributed by atoms with E-state index in [1.807, 2.05) is 46.9 Å². The maximum atomic E-state index is 13.6. The summed E-state index contributed by atoms with van der Waals surface area (Å²) in [5.74, 6) is -1.03. The minimum Gasteiger partial charge on any atom is -0.371 e. The molecule has 0 saturated carbocycles. The molecule has 0 spiro atoms. The third-order valence-corrected chi connectivity index (χ3v) is 5.44. The number of nitrogens with one attached hydrogen (secondary N) is 1. The zero-order chi connectivity index (χ0) is 18.7. The Hall–Kier alpha value is -2.16. The van der Waals surface area contributed by atoms with Gasteiger partial charge >= 0.3 is 0 Å². The lowest BCUT2D eigenvalue weighted by Gasteiger charge is -2.32. The van der Waals surface area contributed by atoms with Crippen LogP contribution in [0.4, 0.5) is 15.8 Å². The van der Waals surface area contributed by atoms with Crippen LogP contribution in [0.2, 0.25) is 0 Å². The van der Waals surface area contributed by atoms with E-state index < -0.39 is 5.82 Å². The summed E-state index contributed by atoms with van der Waals surface area (Å²) >= 11 is 1.88. The van der Waals surface area contributed by atoms with E-state index in [1.165, 1.54) is 6.07 Å². The molecule has 1 saturated heterocycles. The summed E-state index contributed by atoms with van der Waals surface area (Å²) < 4.78 is 14.1. The fourth-order valence-electron chi connectivity index (χ4n) is 3.02. The SMILES string of the molecule is NC(=O)C1CCN(c2ccc(NC(=O)c3ccc(I)c(F)c3)cc2)CC1. The zero-order valence-corrected chi connectivity index (χ0v) is 16.2. The molecule has 0 atom stereocenters. The van der Waals surface area contributed by atoms with E-state index in [2.05, 4.69) is 10.2 Å². The van der Waals surface area contributed by atoms with Crippen molar-refractivity contribution in [3.05, 3.63) is 57.4 Å². The first kappa shape index (κ1) is 18.6. The van der Waals surface area contributed by atoms with Crippen LogP contribution in [-0.2, 0) is 4.79 Å². The second kappa shape index (κ2) is 8.03. The van der Waals surface area contributed by atoms with Gasteiger partial charge in [-0.05, 0) is 77.9 Å². The molecule has 2 amide bonds. The molecule has 0 aromatic heterocycles. The molecule has 2 aromatic rings. The monoisotopic (exact) mass is 467 g/mol. The van der Waals surface area contributed by atoms with Crippen molar-refractivity contribution in [2.24, 2.45) is 11.7 Å². The maximum absolute atomic E-state index is 13.6. The second-order valence-electron chi connectivity index (χ2n) is 6.29. The minimum atomic E-state index is -0.409. The van der Waals surface area contributed by atoms with E-state index in [0.717, 1.165) is 31.6 Å². The van der Waals surface area contributed by atoms with Gasteiger partial charge in [-0.1, -0.05) is 0 Å². The normalized spacial score (nSPS) is 14.9. The third-order valence-electron chi connectivity index (χ3n) is 4.57. The van der Waals surface area contributed by atoms with Gasteiger partial charge in [0.15, 0.2) is 0 Å². The number of carbonyl (C=O) groups is 2. The number of hydrogen-bond donors (Lipinski definition) is 2. The number of nitrogens with two attached hydrogens (primary N) is 1. The standard InChI is InChI=1S/C19H19FIN3O2/c20-16-11-13(1-6-17(16)21)19(26)23-14-2-4-15(5-3-14)24-9-7-12(8-10-24)18(22)25/h1-6,11-12H,7-10H2,(H2,22,25)(H,23,26). The fourth-order valence-corrected chi connectivity index (χ4v) is 3.35. The van der Waals surface area contributed by atoms with Crippen molar-refractivity contribution in [2.75, 3.05) is 23.3 Å². The summed E-state index contributed by atoms with van der Waals surface area (Å²) in [6.45, 7) is 1.56. The van der Waals surface area contributed by atoms with Crippen molar-refractivity contribution in [3.63, 3.8) is 0 Å². The van der Waals surface area contributed by atoms with Crippen molar-refractivity contribution in [2.45, 2.75) is 12.8 Å². The van der Waals surface area contributed by atoms with Gasteiger partial charge in [0.05, 0.1) is 0 Å². The first-order chi connectivity index (χ1) is 12.4. The number of halogens is 2. The van der Waals surface area contributed by atoms with E-state index in [9.17, 15) is 14.0 Å². The number of nitrogens with zero attached hydrogens (tertiary/aromatic N) is 1. The summed E-state index contributed by atoms with van der Waals surface area (Å²) in [6.07, 6.45) is 1.51. The zero-order valence-electron chi connectivity index (χ0n) is 14.0. The van der Waals surface area contributed by atoms with Gasteiger partial charge in [0.25, 0.3) is 5.91 Å². The summed E-state index contributed by atoms with van der Waals surface area (Å²) in [7, 11) is 0. The highest BCUT2D eigenvalue weighted by Gasteiger charge is 2.23. The lowest BCUT2D eigenvalue weighted by Crippen LogP contribution is -2.38. The summed E-state index contributed by atoms with van der Waals surface area (Å²) in [6, 6.07) is 11.9. The Morgan fingerprint density at radius 2 is 1.77 bits per heavy atom. The molecule has 1 aliphatic heterocycles. The fraction of sp³-hybridized carbons (Fsp3) is 0.263. The number of primary amides is 1. The molecule has 7 heteroatoms. The number of carbonyl (C=O) groups excluding carboxylic acids is 2. The van der Waals surface area contributed by atoms with Crippen molar-refractivity contribution < 1.29 is 14.0 Å². The maximum Gasteiger partial charge on any atom is 0.255 e.